The summed E-state index contributed by atoms with van der Waals surface area (Å²) in [7, 11) is 0.153. The van der Waals surface area contributed by atoms with Crippen molar-refractivity contribution in [1.82, 2.24) is 0 Å². The molecule has 1 heterocycles. The van der Waals surface area contributed by atoms with Crippen molar-refractivity contribution in [3.63, 3.8) is 0 Å². The Morgan fingerprint density at radius 3 is 2.07 bits per heavy atom. The molecule has 0 atom stereocenters. The van der Waals surface area contributed by atoms with Gasteiger partial charge in [-0.3, -0.25) is 13.4 Å². The molecule has 2 aromatic rings. The van der Waals surface area contributed by atoms with Gasteiger partial charge in [0, 0.05) is 25.7 Å². The first kappa shape index (κ1) is 18.6. The van der Waals surface area contributed by atoms with E-state index in [2.05, 4.69) is 10.1 Å². The molecule has 1 amide bonds. The molecule has 3 rings (SSSR count). The van der Waals surface area contributed by atoms with Crippen molar-refractivity contribution in [2.45, 2.75) is 0 Å². The number of carbonyl (C=O) groups is 2. The zero-order chi connectivity index (χ0) is 19.9. The fourth-order valence-corrected chi connectivity index (χ4v) is 3.81. The Hall–Kier alpha value is -3.14. The Kier molecular flexibility index (Phi) is 4.52. The van der Waals surface area contributed by atoms with Crippen LogP contribution in [0.15, 0.2) is 36.4 Å². The van der Waals surface area contributed by atoms with Crippen molar-refractivity contribution in [3.05, 3.63) is 53.3 Å². The third-order valence-electron chi connectivity index (χ3n) is 4.25. The van der Waals surface area contributed by atoms with E-state index in [0.29, 0.717) is 0 Å². The van der Waals surface area contributed by atoms with E-state index in [4.69, 9.17) is 0 Å². The highest BCUT2D eigenvalue weighted by molar-refractivity contribution is 7.94. The van der Waals surface area contributed by atoms with Crippen LogP contribution in [0.2, 0.25) is 0 Å². The molecule has 1 aliphatic heterocycles. The van der Waals surface area contributed by atoms with Crippen LogP contribution >= 0.6 is 0 Å². The lowest BCUT2D eigenvalue weighted by Crippen LogP contribution is -2.32. The van der Waals surface area contributed by atoms with Crippen molar-refractivity contribution >= 4 is 39.1 Å². The number of anilines is 3. The van der Waals surface area contributed by atoms with Crippen LogP contribution in [-0.2, 0) is 14.9 Å². The maximum Gasteiger partial charge on any atom is 0.337 e. The minimum atomic E-state index is -3.75. The zero-order valence-corrected chi connectivity index (χ0v) is 15.5. The van der Waals surface area contributed by atoms with E-state index in [0.717, 1.165) is 14.7 Å². The molecule has 0 spiro atoms. The van der Waals surface area contributed by atoms with Crippen molar-refractivity contribution in [1.29, 1.82) is 0 Å². The number of ether oxygens (including phenoxy) is 1. The van der Waals surface area contributed by atoms with E-state index < -0.39 is 27.9 Å². The standard InChI is InChI=1S/C17H16FN3O5S/c1-20-14-8-12(18)13(9-15(14)21(2)27(20,24)25)19-16(22)10-4-6-11(7-5-10)17(23)26-3/h4-9H,1-3H3,(H,19,22). The molecular formula is C17H16FN3O5S. The van der Waals surface area contributed by atoms with E-state index in [-0.39, 0.29) is 28.2 Å². The van der Waals surface area contributed by atoms with Crippen molar-refractivity contribution < 1.29 is 27.1 Å². The average molecular weight is 393 g/mol. The van der Waals surface area contributed by atoms with Crippen molar-refractivity contribution in [3.8, 4) is 0 Å². The first-order valence-electron chi connectivity index (χ1n) is 7.73. The summed E-state index contributed by atoms with van der Waals surface area (Å²) in [5.74, 6) is -1.92. The molecule has 27 heavy (non-hydrogen) atoms. The molecule has 0 bridgehead atoms. The summed E-state index contributed by atoms with van der Waals surface area (Å²) in [6.07, 6.45) is 0. The number of hydrogen-bond donors (Lipinski definition) is 1. The normalized spacial score (nSPS) is 14.7. The number of benzene rings is 2. The number of amides is 1. The van der Waals surface area contributed by atoms with Gasteiger partial charge in [0.25, 0.3) is 5.91 Å². The molecule has 1 aliphatic rings. The minimum absolute atomic E-state index is 0.159. The molecule has 0 aromatic heterocycles. The lowest BCUT2D eigenvalue weighted by molar-refractivity contribution is 0.0600. The Balaban J connectivity index is 1.88. The van der Waals surface area contributed by atoms with Crippen molar-refractivity contribution in [2.24, 2.45) is 0 Å². The van der Waals surface area contributed by atoms with Gasteiger partial charge < -0.3 is 10.1 Å². The van der Waals surface area contributed by atoms with Gasteiger partial charge in [-0.2, -0.15) is 8.42 Å². The molecule has 142 valence electrons. The maximum atomic E-state index is 14.4. The van der Waals surface area contributed by atoms with Crippen LogP contribution in [-0.4, -0.2) is 41.5 Å². The van der Waals surface area contributed by atoms with Gasteiger partial charge in [0.1, 0.15) is 5.82 Å². The molecule has 0 saturated carbocycles. The van der Waals surface area contributed by atoms with Crippen LogP contribution in [0, 0.1) is 5.82 Å². The number of methoxy groups -OCH3 is 1. The molecule has 0 radical (unpaired) electrons. The Labute approximate surface area is 155 Å². The molecule has 0 unspecified atom stereocenters. The van der Waals surface area contributed by atoms with Gasteiger partial charge in [-0.15, -0.1) is 0 Å². The van der Waals surface area contributed by atoms with E-state index >= 15 is 0 Å². The second-order valence-corrected chi connectivity index (χ2v) is 7.78. The van der Waals surface area contributed by atoms with Crippen molar-refractivity contribution in [2.75, 3.05) is 35.1 Å². The molecular weight excluding hydrogens is 377 g/mol. The number of fused-ring (bicyclic) bond motifs is 1. The molecule has 10 heteroatoms. The number of hydrogen-bond acceptors (Lipinski definition) is 5. The lowest BCUT2D eigenvalue weighted by Gasteiger charge is -2.13. The smallest absolute Gasteiger partial charge is 0.337 e. The van der Waals surface area contributed by atoms with Crippen LogP contribution < -0.4 is 13.9 Å². The molecule has 8 nitrogen and oxygen atoms in total. The largest absolute Gasteiger partial charge is 0.465 e. The molecule has 1 N–H and O–H groups in total. The van der Waals surface area contributed by atoms with Gasteiger partial charge in [-0.25, -0.2) is 9.18 Å². The topological polar surface area (TPSA) is 96.0 Å². The summed E-state index contributed by atoms with van der Waals surface area (Å²) in [5, 5.41) is 2.41. The number of nitrogens with one attached hydrogen (secondary N) is 1. The highest BCUT2D eigenvalue weighted by Gasteiger charge is 2.36. The second-order valence-electron chi connectivity index (χ2n) is 5.79. The third-order valence-corrected chi connectivity index (χ3v) is 6.03. The lowest BCUT2D eigenvalue weighted by atomic mass is 10.1. The highest BCUT2D eigenvalue weighted by Crippen LogP contribution is 2.41. The highest BCUT2D eigenvalue weighted by atomic mass is 32.2. The number of esters is 1. The van der Waals surface area contributed by atoms with Crippen LogP contribution in [0.4, 0.5) is 21.5 Å². The van der Waals surface area contributed by atoms with Gasteiger partial charge in [-0.05, 0) is 30.3 Å². The van der Waals surface area contributed by atoms with E-state index in [1.165, 1.54) is 51.5 Å². The number of carbonyl (C=O) groups excluding carboxylic acids is 2. The number of nitrogens with zero attached hydrogens (tertiary/aromatic N) is 2. The third kappa shape index (κ3) is 3.08. The quantitative estimate of drug-likeness (QED) is 0.805. The molecule has 0 aliphatic carbocycles. The Morgan fingerprint density at radius 1 is 1.00 bits per heavy atom. The van der Waals surface area contributed by atoms with E-state index in [1.807, 2.05) is 0 Å². The maximum absolute atomic E-state index is 14.4. The predicted molar refractivity (Wildman–Crippen MR) is 97.9 cm³/mol. The fraction of sp³-hybridized carbons (Fsp3) is 0.176. The summed E-state index contributed by atoms with van der Waals surface area (Å²) in [4.78, 5) is 23.8. The summed E-state index contributed by atoms with van der Waals surface area (Å²) in [6.45, 7) is 0. The Morgan fingerprint density at radius 2 is 1.52 bits per heavy atom. The number of halogens is 1. The second kappa shape index (κ2) is 6.54. The van der Waals surface area contributed by atoms with E-state index in [9.17, 15) is 22.4 Å². The van der Waals surface area contributed by atoms with Gasteiger partial charge in [-0.1, -0.05) is 0 Å². The SMILES string of the molecule is COC(=O)c1ccc(C(=O)Nc2cc3c(cc2F)N(C)S(=O)(=O)N3C)cc1. The zero-order valence-electron chi connectivity index (χ0n) is 14.7. The van der Waals surface area contributed by atoms with Gasteiger partial charge in [0.05, 0.1) is 29.7 Å². The first-order chi connectivity index (χ1) is 12.7. The summed E-state index contributed by atoms with van der Waals surface area (Å²) in [6, 6.07) is 7.93. The van der Waals surface area contributed by atoms with Crippen LogP contribution in [0.5, 0.6) is 0 Å². The van der Waals surface area contributed by atoms with Gasteiger partial charge in [0.2, 0.25) is 0 Å². The minimum Gasteiger partial charge on any atom is -0.465 e. The first-order valence-corrected chi connectivity index (χ1v) is 9.12. The van der Waals surface area contributed by atoms with E-state index in [1.54, 1.807) is 0 Å². The molecule has 0 saturated heterocycles. The predicted octanol–water partition coefficient (Wildman–Crippen LogP) is 2.00. The van der Waals surface area contributed by atoms with Crippen LogP contribution in [0.1, 0.15) is 20.7 Å². The van der Waals surface area contributed by atoms with Crippen LogP contribution in [0.3, 0.4) is 0 Å². The molecule has 2 aromatic carbocycles. The van der Waals surface area contributed by atoms with Gasteiger partial charge in [0.15, 0.2) is 0 Å². The molecule has 0 fully saturated rings. The summed E-state index contributed by atoms with van der Waals surface area (Å²) >= 11 is 0. The number of rotatable bonds is 3. The summed E-state index contributed by atoms with van der Waals surface area (Å²) in [5.41, 5.74) is 0.729. The Bertz CT molecular complexity index is 1040. The summed E-state index contributed by atoms with van der Waals surface area (Å²) < 4.78 is 45.2. The monoisotopic (exact) mass is 393 g/mol. The fourth-order valence-electron chi connectivity index (χ4n) is 2.65. The average Bonchev–Trinajstić information content (AvgIpc) is 2.82. The van der Waals surface area contributed by atoms with Gasteiger partial charge >= 0.3 is 16.2 Å². The van der Waals surface area contributed by atoms with Crippen LogP contribution in [0.25, 0.3) is 0 Å².